The van der Waals surface area contributed by atoms with Gasteiger partial charge in [0, 0.05) is 6.07 Å². The standard InChI is InChI=1S/C15H10F4O3/c1-21-14-7-11(16)3-5-13(14)22-12-4-2-10(15(17,18)19)6-9(12)8-20/h2-8H,1H3. The first-order valence-electron chi connectivity index (χ1n) is 6.03. The number of carbonyl (C=O) groups excluding carboxylic acids is 1. The van der Waals surface area contributed by atoms with Gasteiger partial charge >= 0.3 is 6.18 Å². The lowest BCUT2D eigenvalue weighted by Crippen LogP contribution is -2.06. The molecule has 0 radical (unpaired) electrons. The van der Waals surface area contributed by atoms with E-state index < -0.39 is 17.6 Å². The Morgan fingerprint density at radius 3 is 2.27 bits per heavy atom. The Kier molecular flexibility index (Phi) is 4.35. The van der Waals surface area contributed by atoms with Crippen molar-refractivity contribution >= 4 is 6.29 Å². The molecule has 0 heterocycles. The molecule has 0 unspecified atom stereocenters. The molecule has 0 aliphatic rings. The van der Waals surface area contributed by atoms with Crippen LogP contribution >= 0.6 is 0 Å². The molecule has 0 aliphatic carbocycles. The summed E-state index contributed by atoms with van der Waals surface area (Å²) in [5, 5.41) is 0. The second-order valence-corrected chi connectivity index (χ2v) is 4.27. The van der Waals surface area contributed by atoms with E-state index in [9.17, 15) is 22.4 Å². The SMILES string of the molecule is COc1cc(F)ccc1Oc1ccc(C(F)(F)F)cc1C=O. The third kappa shape index (κ3) is 3.36. The molecule has 0 bridgehead atoms. The maximum absolute atomic E-state index is 13.1. The minimum absolute atomic E-state index is 0.0525. The number of carbonyl (C=O) groups is 1. The Balaban J connectivity index is 2.40. The molecule has 7 heteroatoms. The number of methoxy groups -OCH3 is 1. The molecule has 0 aliphatic heterocycles. The second-order valence-electron chi connectivity index (χ2n) is 4.27. The summed E-state index contributed by atoms with van der Waals surface area (Å²) in [7, 11) is 1.29. The Bertz CT molecular complexity index is 696. The molecule has 0 aromatic heterocycles. The van der Waals surface area contributed by atoms with Crippen molar-refractivity contribution in [2.45, 2.75) is 6.18 Å². The molecule has 0 saturated carbocycles. The molecule has 2 aromatic rings. The Hall–Kier alpha value is -2.57. The summed E-state index contributed by atoms with van der Waals surface area (Å²) < 4.78 is 61.2. The topological polar surface area (TPSA) is 35.5 Å². The van der Waals surface area contributed by atoms with Crippen LogP contribution in [0.3, 0.4) is 0 Å². The van der Waals surface area contributed by atoms with Crippen LogP contribution < -0.4 is 9.47 Å². The normalized spacial score (nSPS) is 11.1. The summed E-state index contributed by atoms with van der Waals surface area (Å²) in [6.45, 7) is 0. The summed E-state index contributed by atoms with van der Waals surface area (Å²) >= 11 is 0. The van der Waals surface area contributed by atoms with Crippen LogP contribution in [0.2, 0.25) is 0 Å². The van der Waals surface area contributed by atoms with Crippen LogP contribution in [-0.4, -0.2) is 13.4 Å². The predicted octanol–water partition coefficient (Wildman–Crippen LogP) is 4.46. The Morgan fingerprint density at radius 1 is 1.00 bits per heavy atom. The summed E-state index contributed by atoms with van der Waals surface area (Å²) in [4.78, 5) is 11.0. The molecule has 22 heavy (non-hydrogen) atoms. The zero-order valence-corrected chi connectivity index (χ0v) is 11.3. The molecule has 2 rings (SSSR count). The van der Waals surface area contributed by atoms with Gasteiger partial charge in [-0.15, -0.1) is 0 Å². The van der Waals surface area contributed by atoms with E-state index in [1.165, 1.54) is 13.2 Å². The van der Waals surface area contributed by atoms with Gasteiger partial charge < -0.3 is 9.47 Å². The molecule has 2 aromatic carbocycles. The van der Waals surface area contributed by atoms with Gasteiger partial charge in [0.05, 0.1) is 18.2 Å². The number of aldehydes is 1. The van der Waals surface area contributed by atoms with Crippen molar-refractivity contribution in [3.8, 4) is 17.2 Å². The fourth-order valence-electron chi connectivity index (χ4n) is 1.75. The summed E-state index contributed by atoms with van der Waals surface area (Å²) in [5.74, 6) is -0.524. The molecular weight excluding hydrogens is 304 g/mol. The van der Waals surface area contributed by atoms with Crippen LogP contribution in [-0.2, 0) is 6.18 Å². The lowest BCUT2D eigenvalue weighted by molar-refractivity contribution is -0.137. The molecular formula is C15H10F4O3. The number of benzene rings is 2. The zero-order valence-electron chi connectivity index (χ0n) is 11.3. The molecule has 0 saturated heterocycles. The number of hydrogen-bond acceptors (Lipinski definition) is 3. The highest BCUT2D eigenvalue weighted by Gasteiger charge is 2.31. The summed E-state index contributed by atoms with van der Waals surface area (Å²) in [5.41, 5.74) is -1.24. The van der Waals surface area contributed by atoms with Gasteiger partial charge in [0.25, 0.3) is 0 Å². The van der Waals surface area contributed by atoms with E-state index in [4.69, 9.17) is 9.47 Å². The van der Waals surface area contributed by atoms with Crippen molar-refractivity contribution in [1.29, 1.82) is 0 Å². The minimum Gasteiger partial charge on any atom is -0.493 e. The molecule has 0 amide bonds. The van der Waals surface area contributed by atoms with Gasteiger partial charge in [0.15, 0.2) is 17.8 Å². The van der Waals surface area contributed by atoms with Crippen LogP contribution in [0.5, 0.6) is 17.2 Å². The van der Waals surface area contributed by atoms with E-state index in [-0.39, 0.29) is 29.1 Å². The molecule has 0 fully saturated rings. The van der Waals surface area contributed by atoms with Gasteiger partial charge in [-0.2, -0.15) is 13.2 Å². The van der Waals surface area contributed by atoms with Gasteiger partial charge in [0.2, 0.25) is 0 Å². The summed E-state index contributed by atoms with van der Waals surface area (Å²) in [6.07, 6.45) is -4.32. The first-order chi connectivity index (χ1) is 10.3. The maximum Gasteiger partial charge on any atom is 0.416 e. The number of halogens is 4. The van der Waals surface area contributed by atoms with Crippen LogP contribution in [0, 0.1) is 5.82 Å². The number of alkyl halides is 3. The third-order valence-corrected chi connectivity index (χ3v) is 2.81. The zero-order chi connectivity index (χ0) is 16.3. The number of rotatable bonds is 4. The monoisotopic (exact) mass is 314 g/mol. The molecule has 0 N–H and O–H groups in total. The predicted molar refractivity (Wildman–Crippen MR) is 69.9 cm³/mol. The summed E-state index contributed by atoms with van der Waals surface area (Å²) in [6, 6.07) is 5.90. The van der Waals surface area contributed by atoms with Crippen molar-refractivity contribution in [1.82, 2.24) is 0 Å². The van der Waals surface area contributed by atoms with Crippen LogP contribution in [0.4, 0.5) is 17.6 Å². The van der Waals surface area contributed by atoms with Gasteiger partial charge in [0.1, 0.15) is 11.6 Å². The van der Waals surface area contributed by atoms with Crippen molar-refractivity contribution in [3.05, 3.63) is 53.3 Å². The van der Waals surface area contributed by atoms with E-state index in [1.54, 1.807) is 0 Å². The van der Waals surface area contributed by atoms with Gasteiger partial charge in [-0.1, -0.05) is 0 Å². The first kappa shape index (κ1) is 15.8. The van der Waals surface area contributed by atoms with E-state index in [0.717, 1.165) is 24.3 Å². The average Bonchev–Trinajstić information content (AvgIpc) is 2.48. The van der Waals surface area contributed by atoms with Crippen molar-refractivity contribution in [3.63, 3.8) is 0 Å². The third-order valence-electron chi connectivity index (χ3n) is 2.81. The van der Waals surface area contributed by atoms with Crippen molar-refractivity contribution < 1.29 is 31.8 Å². The van der Waals surface area contributed by atoms with E-state index in [1.807, 2.05) is 0 Å². The average molecular weight is 314 g/mol. The van der Waals surface area contributed by atoms with Crippen LogP contribution in [0.25, 0.3) is 0 Å². The fraction of sp³-hybridized carbons (Fsp3) is 0.133. The smallest absolute Gasteiger partial charge is 0.416 e. The maximum atomic E-state index is 13.1. The fourth-order valence-corrected chi connectivity index (χ4v) is 1.75. The molecule has 116 valence electrons. The largest absolute Gasteiger partial charge is 0.493 e. The van der Waals surface area contributed by atoms with Crippen molar-refractivity contribution in [2.24, 2.45) is 0 Å². The highest BCUT2D eigenvalue weighted by Crippen LogP contribution is 2.36. The van der Waals surface area contributed by atoms with Crippen molar-refractivity contribution in [2.75, 3.05) is 7.11 Å². The van der Waals surface area contributed by atoms with Gasteiger partial charge in [-0.3, -0.25) is 4.79 Å². The van der Waals surface area contributed by atoms with E-state index in [2.05, 4.69) is 0 Å². The van der Waals surface area contributed by atoms with Gasteiger partial charge in [-0.25, -0.2) is 4.39 Å². The van der Waals surface area contributed by atoms with Crippen LogP contribution in [0.1, 0.15) is 15.9 Å². The minimum atomic E-state index is -4.57. The highest BCUT2D eigenvalue weighted by molar-refractivity contribution is 5.80. The van der Waals surface area contributed by atoms with Crippen LogP contribution in [0.15, 0.2) is 36.4 Å². The Labute approximate surface area is 123 Å². The van der Waals surface area contributed by atoms with E-state index >= 15 is 0 Å². The Morgan fingerprint density at radius 2 is 1.68 bits per heavy atom. The number of hydrogen-bond donors (Lipinski definition) is 0. The first-order valence-corrected chi connectivity index (χ1v) is 6.03. The highest BCUT2D eigenvalue weighted by atomic mass is 19.4. The number of ether oxygens (including phenoxy) is 2. The van der Waals surface area contributed by atoms with Gasteiger partial charge in [-0.05, 0) is 30.3 Å². The lowest BCUT2D eigenvalue weighted by Gasteiger charge is -2.13. The molecule has 0 spiro atoms. The molecule has 3 nitrogen and oxygen atoms in total. The molecule has 0 atom stereocenters. The quantitative estimate of drug-likeness (QED) is 0.617. The lowest BCUT2D eigenvalue weighted by atomic mass is 10.1. The van der Waals surface area contributed by atoms with E-state index in [0.29, 0.717) is 6.07 Å². The second kappa shape index (κ2) is 6.05.